The third kappa shape index (κ3) is 2.42. The molecular formula is C19H18O5. The van der Waals surface area contributed by atoms with Crippen LogP contribution in [0.15, 0.2) is 33.5 Å². The highest BCUT2D eigenvalue weighted by atomic mass is 16.5. The van der Waals surface area contributed by atoms with Crippen LogP contribution in [0.1, 0.15) is 28.4 Å². The zero-order chi connectivity index (χ0) is 17.4. The van der Waals surface area contributed by atoms with E-state index in [0.29, 0.717) is 27.8 Å². The fourth-order valence-corrected chi connectivity index (χ4v) is 3.06. The number of rotatable bonds is 3. The fraction of sp³-hybridized carbons (Fsp3) is 0.263. The lowest BCUT2D eigenvalue weighted by Crippen LogP contribution is -2.12. The molecule has 0 atom stereocenters. The Morgan fingerprint density at radius 1 is 1.17 bits per heavy atom. The van der Waals surface area contributed by atoms with Crippen molar-refractivity contribution in [2.45, 2.75) is 20.8 Å². The molecule has 0 N–H and O–H groups in total. The highest BCUT2D eigenvalue weighted by molar-refractivity contribution is 6.09. The summed E-state index contributed by atoms with van der Waals surface area (Å²) in [6, 6.07) is 7.18. The molecule has 0 aliphatic rings. The van der Waals surface area contributed by atoms with Crippen molar-refractivity contribution in [2.75, 3.05) is 13.7 Å². The largest absolute Gasteiger partial charge is 0.497 e. The van der Waals surface area contributed by atoms with Crippen molar-refractivity contribution in [3.05, 3.63) is 51.4 Å². The number of carbonyl (C=O) groups is 1. The van der Waals surface area contributed by atoms with E-state index in [1.165, 1.54) is 0 Å². The molecule has 0 saturated heterocycles. The van der Waals surface area contributed by atoms with Crippen LogP contribution in [0.25, 0.3) is 21.7 Å². The van der Waals surface area contributed by atoms with Gasteiger partial charge >= 0.3 is 11.6 Å². The first-order valence-electron chi connectivity index (χ1n) is 7.69. The molecule has 0 aliphatic heterocycles. The van der Waals surface area contributed by atoms with Crippen LogP contribution >= 0.6 is 0 Å². The topological polar surface area (TPSA) is 65.7 Å². The van der Waals surface area contributed by atoms with Gasteiger partial charge in [0.05, 0.1) is 24.7 Å². The Morgan fingerprint density at radius 2 is 1.92 bits per heavy atom. The lowest BCUT2D eigenvalue weighted by molar-refractivity contribution is 0.0525. The summed E-state index contributed by atoms with van der Waals surface area (Å²) in [6.45, 7) is 5.61. The van der Waals surface area contributed by atoms with Gasteiger partial charge < -0.3 is 13.9 Å². The maximum atomic E-state index is 12.5. The van der Waals surface area contributed by atoms with Crippen LogP contribution in [-0.4, -0.2) is 19.7 Å². The van der Waals surface area contributed by atoms with E-state index in [4.69, 9.17) is 13.9 Å². The van der Waals surface area contributed by atoms with Gasteiger partial charge in [-0.3, -0.25) is 0 Å². The highest BCUT2D eigenvalue weighted by Crippen LogP contribution is 2.31. The molecule has 3 aromatic rings. The summed E-state index contributed by atoms with van der Waals surface area (Å²) in [4.78, 5) is 24.7. The van der Waals surface area contributed by atoms with E-state index in [-0.39, 0.29) is 6.61 Å². The number of ether oxygens (including phenoxy) is 2. The van der Waals surface area contributed by atoms with Crippen molar-refractivity contribution in [2.24, 2.45) is 0 Å². The van der Waals surface area contributed by atoms with Crippen LogP contribution in [0.5, 0.6) is 5.75 Å². The second-order valence-electron chi connectivity index (χ2n) is 5.59. The second-order valence-corrected chi connectivity index (χ2v) is 5.59. The van der Waals surface area contributed by atoms with Gasteiger partial charge in [0.25, 0.3) is 0 Å². The molecule has 1 heterocycles. The number of methoxy groups -OCH3 is 1. The van der Waals surface area contributed by atoms with E-state index in [0.717, 1.165) is 16.3 Å². The molecule has 24 heavy (non-hydrogen) atoms. The Bertz CT molecular complexity index is 1010. The van der Waals surface area contributed by atoms with Gasteiger partial charge in [-0.05, 0) is 50.1 Å². The van der Waals surface area contributed by atoms with Gasteiger partial charge in [-0.1, -0.05) is 0 Å². The van der Waals surface area contributed by atoms with Gasteiger partial charge in [0.15, 0.2) is 0 Å². The van der Waals surface area contributed by atoms with Crippen LogP contribution in [0.2, 0.25) is 0 Å². The van der Waals surface area contributed by atoms with E-state index < -0.39 is 11.6 Å². The maximum absolute atomic E-state index is 12.5. The van der Waals surface area contributed by atoms with Crippen molar-refractivity contribution in [1.82, 2.24) is 0 Å². The molecule has 0 amide bonds. The number of benzene rings is 2. The molecule has 1 aromatic heterocycles. The zero-order valence-corrected chi connectivity index (χ0v) is 14.1. The smallest absolute Gasteiger partial charge is 0.344 e. The summed E-state index contributed by atoms with van der Waals surface area (Å²) in [5.41, 5.74) is 1.74. The van der Waals surface area contributed by atoms with Crippen molar-refractivity contribution < 1.29 is 18.7 Å². The lowest BCUT2D eigenvalue weighted by Gasteiger charge is -2.13. The average molecular weight is 326 g/mol. The molecule has 0 spiro atoms. The minimum atomic E-state index is -0.478. The molecule has 3 rings (SSSR count). The van der Waals surface area contributed by atoms with Crippen LogP contribution in [0, 0.1) is 13.8 Å². The quantitative estimate of drug-likeness (QED) is 0.417. The fourth-order valence-electron chi connectivity index (χ4n) is 3.06. The summed E-state index contributed by atoms with van der Waals surface area (Å²) >= 11 is 0. The number of hydrogen-bond acceptors (Lipinski definition) is 5. The Balaban J connectivity index is 2.41. The van der Waals surface area contributed by atoms with Crippen molar-refractivity contribution in [3.8, 4) is 5.75 Å². The van der Waals surface area contributed by atoms with Gasteiger partial charge in [-0.2, -0.15) is 0 Å². The molecule has 5 heteroatoms. The molecule has 0 aliphatic carbocycles. The third-order valence-electron chi connectivity index (χ3n) is 4.14. The van der Waals surface area contributed by atoms with Gasteiger partial charge in [-0.25, -0.2) is 9.59 Å². The lowest BCUT2D eigenvalue weighted by atomic mass is 9.95. The number of hydrogen-bond donors (Lipinski definition) is 0. The maximum Gasteiger partial charge on any atom is 0.344 e. The van der Waals surface area contributed by atoms with Gasteiger partial charge in [0, 0.05) is 16.8 Å². The molecule has 0 radical (unpaired) electrons. The normalized spacial score (nSPS) is 11.0. The molecule has 5 nitrogen and oxygen atoms in total. The standard InChI is InChI=1S/C19H18O5/c1-5-23-18(20)16-10(2)8-14-13-7-6-12(22-4)9-15(13)24-19(21)17(14)11(16)3/h6-9H,5H2,1-4H3. The number of aryl methyl sites for hydroxylation is 2. The van der Waals surface area contributed by atoms with Crippen LogP contribution in [-0.2, 0) is 4.74 Å². The first-order chi connectivity index (χ1) is 11.5. The molecule has 0 bridgehead atoms. The molecule has 0 unspecified atom stereocenters. The van der Waals surface area contributed by atoms with Crippen LogP contribution in [0.4, 0.5) is 0 Å². The summed E-state index contributed by atoms with van der Waals surface area (Å²) in [7, 11) is 1.56. The summed E-state index contributed by atoms with van der Waals surface area (Å²) in [5.74, 6) is 0.185. The zero-order valence-electron chi connectivity index (χ0n) is 14.1. The first-order valence-corrected chi connectivity index (χ1v) is 7.69. The van der Waals surface area contributed by atoms with E-state index in [2.05, 4.69) is 0 Å². The first kappa shape index (κ1) is 16.1. The predicted octanol–water partition coefficient (Wildman–Crippen LogP) is 3.75. The molecule has 124 valence electrons. The SMILES string of the molecule is CCOC(=O)c1c(C)cc2c(c1C)c(=O)oc1cc(OC)ccc12. The Hall–Kier alpha value is -2.82. The highest BCUT2D eigenvalue weighted by Gasteiger charge is 2.20. The van der Waals surface area contributed by atoms with Gasteiger partial charge in [0.1, 0.15) is 11.3 Å². The minimum absolute atomic E-state index is 0.280. The molecule has 2 aromatic carbocycles. The molecule has 0 saturated carbocycles. The van der Waals surface area contributed by atoms with Crippen LogP contribution < -0.4 is 10.4 Å². The van der Waals surface area contributed by atoms with E-state index in [1.54, 1.807) is 27.0 Å². The number of carbonyl (C=O) groups excluding carboxylic acids is 1. The number of esters is 1. The third-order valence-corrected chi connectivity index (χ3v) is 4.14. The number of fused-ring (bicyclic) bond motifs is 3. The van der Waals surface area contributed by atoms with Gasteiger partial charge in [-0.15, -0.1) is 0 Å². The van der Waals surface area contributed by atoms with E-state index in [1.807, 2.05) is 25.1 Å². The average Bonchev–Trinajstić information content (AvgIpc) is 2.54. The molecule has 0 fully saturated rings. The summed E-state index contributed by atoms with van der Waals surface area (Å²) in [5, 5.41) is 1.96. The molecular weight excluding hydrogens is 308 g/mol. The van der Waals surface area contributed by atoms with Gasteiger partial charge in [0.2, 0.25) is 0 Å². The Kier molecular flexibility index (Phi) is 4.01. The Labute approximate surface area is 138 Å². The second kappa shape index (κ2) is 6.00. The van der Waals surface area contributed by atoms with E-state index in [9.17, 15) is 9.59 Å². The summed E-state index contributed by atoms with van der Waals surface area (Å²) in [6.07, 6.45) is 0. The Morgan fingerprint density at radius 3 is 2.58 bits per heavy atom. The monoisotopic (exact) mass is 326 g/mol. The van der Waals surface area contributed by atoms with E-state index >= 15 is 0 Å². The van der Waals surface area contributed by atoms with Crippen molar-refractivity contribution in [1.29, 1.82) is 0 Å². The minimum Gasteiger partial charge on any atom is -0.497 e. The van der Waals surface area contributed by atoms with Crippen molar-refractivity contribution >= 4 is 27.7 Å². The predicted molar refractivity (Wildman–Crippen MR) is 92.0 cm³/mol. The summed E-state index contributed by atoms with van der Waals surface area (Å²) < 4.78 is 15.7. The van der Waals surface area contributed by atoms with Crippen LogP contribution in [0.3, 0.4) is 0 Å². The van der Waals surface area contributed by atoms with Crippen molar-refractivity contribution in [3.63, 3.8) is 0 Å².